The van der Waals surface area contributed by atoms with E-state index in [9.17, 15) is 19.8 Å². The van der Waals surface area contributed by atoms with E-state index in [1.54, 1.807) is 0 Å². The highest BCUT2D eigenvalue weighted by molar-refractivity contribution is 8.19. The van der Waals surface area contributed by atoms with Gasteiger partial charge in [0.2, 0.25) is 0 Å². The summed E-state index contributed by atoms with van der Waals surface area (Å²) in [7, 11) is 0. The van der Waals surface area contributed by atoms with Gasteiger partial charge in [-0.05, 0) is 53.7 Å². The Hall–Kier alpha value is -2.15. The van der Waals surface area contributed by atoms with Gasteiger partial charge in [0, 0.05) is 0 Å². The number of thioether (sulfide) groups is 1. The molecule has 1 aliphatic heterocycles. The highest BCUT2D eigenvalue weighted by Gasteiger charge is 2.36. The van der Waals surface area contributed by atoms with Crippen LogP contribution in [0.25, 0.3) is 6.08 Å². The third-order valence-electron chi connectivity index (χ3n) is 3.25. The zero-order valence-electron chi connectivity index (χ0n) is 11.9. The van der Waals surface area contributed by atoms with Crippen LogP contribution in [0.15, 0.2) is 41.3 Å². The fraction of sp³-hybridized carbons (Fsp3) is 0. The van der Waals surface area contributed by atoms with Gasteiger partial charge in [-0.2, -0.15) is 0 Å². The molecule has 2 aromatic carbocycles. The molecule has 122 valence electrons. The van der Waals surface area contributed by atoms with Crippen molar-refractivity contribution >= 4 is 57.9 Å². The molecule has 1 saturated heterocycles. The summed E-state index contributed by atoms with van der Waals surface area (Å²) in [4.78, 5) is 25.9. The van der Waals surface area contributed by atoms with Crippen molar-refractivity contribution in [2.24, 2.45) is 0 Å². The maximum absolute atomic E-state index is 12.5. The molecule has 1 fully saturated rings. The molecule has 2 aromatic rings. The molecule has 0 bridgehead atoms. The van der Waals surface area contributed by atoms with Crippen molar-refractivity contribution in [3.63, 3.8) is 0 Å². The molecule has 0 spiro atoms. The number of hydrogen-bond donors (Lipinski definition) is 2. The van der Waals surface area contributed by atoms with Crippen LogP contribution in [0.3, 0.4) is 0 Å². The number of amides is 2. The second kappa shape index (κ2) is 6.39. The number of rotatable bonds is 2. The minimum absolute atomic E-state index is 0.191. The van der Waals surface area contributed by atoms with Crippen molar-refractivity contribution in [2.75, 3.05) is 4.90 Å². The number of phenolic OH excluding ortho intramolecular Hbond substituents is 2. The molecule has 0 aromatic heterocycles. The first-order chi connectivity index (χ1) is 11.4. The lowest BCUT2D eigenvalue weighted by Crippen LogP contribution is -2.27. The van der Waals surface area contributed by atoms with E-state index in [2.05, 4.69) is 0 Å². The summed E-state index contributed by atoms with van der Waals surface area (Å²) in [6.45, 7) is 0. The van der Waals surface area contributed by atoms with Crippen LogP contribution in [0.1, 0.15) is 5.56 Å². The number of benzene rings is 2. The van der Waals surface area contributed by atoms with Gasteiger partial charge in [-0.1, -0.05) is 29.3 Å². The number of carbonyl (C=O) groups excluding carboxylic acids is 2. The molecule has 0 aliphatic carbocycles. The number of halogens is 2. The molecule has 0 saturated carbocycles. The fourth-order valence-corrected chi connectivity index (χ4v) is 3.23. The van der Waals surface area contributed by atoms with Crippen molar-refractivity contribution in [1.82, 2.24) is 0 Å². The molecule has 0 atom stereocenters. The van der Waals surface area contributed by atoms with Crippen LogP contribution < -0.4 is 4.90 Å². The summed E-state index contributed by atoms with van der Waals surface area (Å²) >= 11 is 12.5. The average Bonchev–Trinajstić information content (AvgIpc) is 2.80. The molecular weight excluding hydrogens is 373 g/mol. The molecule has 5 nitrogen and oxygen atoms in total. The predicted molar refractivity (Wildman–Crippen MR) is 94.7 cm³/mol. The third-order valence-corrected chi connectivity index (χ3v) is 4.86. The Kier molecular flexibility index (Phi) is 4.45. The molecule has 8 heteroatoms. The zero-order valence-corrected chi connectivity index (χ0v) is 14.2. The van der Waals surface area contributed by atoms with E-state index < -0.39 is 11.1 Å². The second-order valence-electron chi connectivity index (χ2n) is 4.86. The number of phenols is 2. The Balaban J connectivity index is 1.94. The molecule has 24 heavy (non-hydrogen) atoms. The SMILES string of the molecule is O=C1S/C(=C\c2ccc(O)c(O)c2)C(=O)N1c1ccc(Cl)c(Cl)c1. The maximum atomic E-state index is 12.5. The molecular formula is C16H9Cl2NO4S. The van der Waals surface area contributed by atoms with Gasteiger partial charge >= 0.3 is 0 Å². The smallest absolute Gasteiger partial charge is 0.298 e. The lowest BCUT2D eigenvalue weighted by atomic mass is 10.2. The Morgan fingerprint density at radius 3 is 2.38 bits per heavy atom. The number of nitrogens with zero attached hydrogens (tertiary/aromatic N) is 1. The highest BCUT2D eigenvalue weighted by Crippen LogP contribution is 2.38. The highest BCUT2D eigenvalue weighted by atomic mass is 35.5. The van der Waals surface area contributed by atoms with Gasteiger partial charge in [0.05, 0.1) is 20.6 Å². The Labute approximate surface area is 151 Å². The standard InChI is InChI=1S/C16H9Cl2NO4S/c17-10-3-2-9(7-11(10)18)19-15(22)14(24-16(19)23)6-8-1-4-12(20)13(21)5-8/h1-7,20-21H/b14-6-. The number of anilines is 1. The predicted octanol–water partition coefficient (Wildman–Crippen LogP) is 4.65. The fourth-order valence-electron chi connectivity index (χ4n) is 2.10. The molecule has 1 heterocycles. The number of hydrogen-bond acceptors (Lipinski definition) is 5. The van der Waals surface area contributed by atoms with Crippen molar-refractivity contribution in [3.05, 3.63) is 56.9 Å². The van der Waals surface area contributed by atoms with Gasteiger partial charge in [0.1, 0.15) is 0 Å². The van der Waals surface area contributed by atoms with Gasteiger partial charge in [-0.3, -0.25) is 9.59 Å². The minimum Gasteiger partial charge on any atom is -0.504 e. The van der Waals surface area contributed by atoms with E-state index in [0.29, 0.717) is 16.3 Å². The van der Waals surface area contributed by atoms with Crippen LogP contribution in [0, 0.1) is 0 Å². The largest absolute Gasteiger partial charge is 0.504 e. The van der Waals surface area contributed by atoms with E-state index in [4.69, 9.17) is 23.2 Å². The van der Waals surface area contributed by atoms with E-state index >= 15 is 0 Å². The molecule has 0 radical (unpaired) electrons. The van der Waals surface area contributed by atoms with E-state index in [1.165, 1.54) is 42.5 Å². The lowest BCUT2D eigenvalue weighted by Gasteiger charge is -2.13. The van der Waals surface area contributed by atoms with Gasteiger partial charge < -0.3 is 10.2 Å². The van der Waals surface area contributed by atoms with Crippen molar-refractivity contribution in [3.8, 4) is 11.5 Å². The number of imide groups is 1. The first kappa shape index (κ1) is 16.7. The number of carbonyl (C=O) groups is 2. The topological polar surface area (TPSA) is 77.8 Å². The van der Waals surface area contributed by atoms with Crippen LogP contribution >= 0.6 is 35.0 Å². The Morgan fingerprint density at radius 2 is 1.71 bits per heavy atom. The molecule has 2 N–H and O–H groups in total. The summed E-state index contributed by atoms with van der Waals surface area (Å²) in [6.07, 6.45) is 1.46. The van der Waals surface area contributed by atoms with E-state index in [1.807, 2.05) is 0 Å². The van der Waals surface area contributed by atoms with Crippen LogP contribution in [-0.2, 0) is 4.79 Å². The van der Waals surface area contributed by atoms with Crippen LogP contribution in [-0.4, -0.2) is 21.4 Å². The summed E-state index contributed by atoms with van der Waals surface area (Å²) in [6, 6.07) is 8.58. The summed E-state index contributed by atoms with van der Waals surface area (Å²) < 4.78 is 0. The zero-order chi connectivity index (χ0) is 17.4. The van der Waals surface area contributed by atoms with E-state index in [0.717, 1.165) is 16.7 Å². The van der Waals surface area contributed by atoms with Gasteiger partial charge in [-0.25, -0.2) is 4.90 Å². The lowest BCUT2D eigenvalue weighted by molar-refractivity contribution is -0.113. The Bertz CT molecular complexity index is 898. The van der Waals surface area contributed by atoms with Gasteiger partial charge in [-0.15, -0.1) is 0 Å². The molecule has 2 amide bonds. The first-order valence-electron chi connectivity index (χ1n) is 6.62. The molecule has 3 rings (SSSR count). The quantitative estimate of drug-likeness (QED) is 0.584. The van der Waals surface area contributed by atoms with Crippen LogP contribution in [0.5, 0.6) is 11.5 Å². The number of aromatic hydroxyl groups is 2. The van der Waals surface area contributed by atoms with E-state index in [-0.39, 0.29) is 21.4 Å². The van der Waals surface area contributed by atoms with Crippen molar-refractivity contribution < 1.29 is 19.8 Å². The van der Waals surface area contributed by atoms with Crippen molar-refractivity contribution in [1.29, 1.82) is 0 Å². The van der Waals surface area contributed by atoms with Crippen LogP contribution in [0.2, 0.25) is 10.0 Å². The second-order valence-corrected chi connectivity index (χ2v) is 6.67. The van der Waals surface area contributed by atoms with Crippen molar-refractivity contribution in [2.45, 2.75) is 0 Å². The summed E-state index contributed by atoms with van der Waals surface area (Å²) in [5.41, 5.74) is 0.800. The normalized spacial score (nSPS) is 16.2. The summed E-state index contributed by atoms with van der Waals surface area (Å²) in [5, 5.41) is 18.9. The van der Waals surface area contributed by atoms with Gasteiger partial charge in [0.15, 0.2) is 11.5 Å². The Morgan fingerprint density at radius 1 is 0.958 bits per heavy atom. The minimum atomic E-state index is -0.504. The monoisotopic (exact) mass is 381 g/mol. The first-order valence-corrected chi connectivity index (χ1v) is 8.19. The summed E-state index contributed by atoms with van der Waals surface area (Å²) in [5.74, 6) is -1.08. The average molecular weight is 382 g/mol. The maximum Gasteiger partial charge on any atom is 0.298 e. The van der Waals surface area contributed by atoms with Gasteiger partial charge in [0.25, 0.3) is 11.1 Å². The third kappa shape index (κ3) is 3.08. The molecule has 1 aliphatic rings. The molecule has 0 unspecified atom stereocenters. The van der Waals surface area contributed by atoms with Crippen LogP contribution in [0.4, 0.5) is 10.5 Å².